The van der Waals surface area contributed by atoms with Crippen molar-refractivity contribution in [2.24, 2.45) is 5.41 Å². The highest BCUT2D eigenvalue weighted by Gasteiger charge is 2.21. The summed E-state index contributed by atoms with van der Waals surface area (Å²) in [5, 5.41) is 12.6. The Bertz CT molecular complexity index is 1890. The van der Waals surface area contributed by atoms with Crippen LogP contribution in [0.5, 0.6) is 0 Å². The monoisotopic (exact) mass is 534 g/mol. The molecule has 0 saturated carbocycles. The number of amides is 1. The molecule has 5 heterocycles. The van der Waals surface area contributed by atoms with Gasteiger partial charge in [-0.05, 0) is 55.0 Å². The molecule has 1 aromatic carbocycles. The molecule has 0 spiro atoms. The van der Waals surface area contributed by atoms with Crippen LogP contribution in [0.25, 0.3) is 54.9 Å². The third kappa shape index (κ3) is 4.61. The number of fused-ring (bicyclic) bond motifs is 2. The van der Waals surface area contributed by atoms with Crippen molar-refractivity contribution in [3.05, 3.63) is 72.0 Å². The zero-order chi connectivity index (χ0) is 27.3. The van der Waals surface area contributed by atoms with Gasteiger partial charge in [-0.25, -0.2) is 4.98 Å². The Balaban J connectivity index is 1.39. The highest BCUT2D eigenvalue weighted by molar-refractivity contribution is 7.17. The minimum absolute atomic E-state index is 0.0578. The molecule has 0 aliphatic carbocycles. The number of rotatable bonds is 5. The minimum Gasteiger partial charge on any atom is -0.338 e. The number of thiophene rings is 1. The topological polar surface area (TPSA) is 116 Å². The maximum atomic E-state index is 12.5. The molecule has 194 valence electrons. The summed E-state index contributed by atoms with van der Waals surface area (Å²) in [7, 11) is 0. The third-order valence-electron chi connectivity index (χ3n) is 6.58. The highest BCUT2D eigenvalue weighted by atomic mass is 32.1. The van der Waals surface area contributed by atoms with E-state index in [4.69, 9.17) is 0 Å². The average molecular weight is 535 g/mol. The van der Waals surface area contributed by atoms with Gasteiger partial charge in [0.25, 0.3) is 0 Å². The van der Waals surface area contributed by atoms with Gasteiger partial charge in [-0.3, -0.25) is 19.7 Å². The third-order valence-corrected chi connectivity index (χ3v) is 7.80. The van der Waals surface area contributed by atoms with Crippen molar-refractivity contribution in [1.82, 2.24) is 25.1 Å². The lowest BCUT2D eigenvalue weighted by molar-refractivity contribution is -0.123. The highest BCUT2D eigenvalue weighted by Crippen LogP contribution is 2.37. The Morgan fingerprint density at radius 1 is 0.949 bits per heavy atom. The number of aromatic amines is 2. The summed E-state index contributed by atoms with van der Waals surface area (Å²) in [6, 6.07) is 15.8. The largest absolute Gasteiger partial charge is 0.338 e. The number of aromatic nitrogens is 5. The van der Waals surface area contributed by atoms with Gasteiger partial charge in [0.15, 0.2) is 5.78 Å². The van der Waals surface area contributed by atoms with Crippen molar-refractivity contribution in [3.63, 3.8) is 0 Å². The van der Waals surface area contributed by atoms with Crippen LogP contribution in [0, 0.1) is 5.41 Å². The van der Waals surface area contributed by atoms with E-state index in [1.807, 2.05) is 57.2 Å². The van der Waals surface area contributed by atoms with Crippen molar-refractivity contribution in [3.8, 4) is 33.0 Å². The number of hydrogen-bond acceptors (Lipinski definition) is 6. The van der Waals surface area contributed by atoms with E-state index < -0.39 is 5.41 Å². The number of H-pyrrole nitrogens is 2. The number of benzene rings is 1. The first-order valence-electron chi connectivity index (χ1n) is 12.5. The summed E-state index contributed by atoms with van der Waals surface area (Å²) in [5.74, 6) is -0.0108. The zero-order valence-corrected chi connectivity index (χ0v) is 22.7. The molecule has 0 radical (unpaired) electrons. The number of ketones is 1. The number of anilines is 1. The van der Waals surface area contributed by atoms with Gasteiger partial charge >= 0.3 is 0 Å². The number of nitrogens with zero attached hydrogens (tertiary/aromatic N) is 3. The molecule has 3 N–H and O–H groups in total. The molecule has 5 aromatic heterocycles. The fourth-order valence-corrected chi connectivity index (χ4v) is 5.37. The Morgan fingerprint density at radius 3 is 2.56 bits per heavy atom. The van der Waals surface area contributed by atoms with Crippen molar-refractivity contribution in [2.45, 2.75) is 27.7 Å². The van der Waals surface area contributed by atoms with Crippen LogP contribution in [0.4, 0.5) is 5.69 Å². The normalized spacial score (nSPS) is 11.8. The smallest absolute Gasteiger partial charge is 0.229 e. The van der Waals surface area contributed by atoms with E-state index in [0.717, 1.165) is 59.8 Å². The predicted octanol–water partition coefficient (Wildman–Crippen LogP) is 7.08. The van der Waals surface area contributed by atoms with E-state index >= 15 is 0 Å². The lowest BCUT2D eigenvalue weighted by atomic mass is 9.95. The van der Waals surface area contributed by atoms with E-state index in [1.165, 1.54) is 11.3 Å². The molecular weight excluding hydrogens is 508 g/mol. The number of nitrogens with one attached hydrogen (secondary N) is 3. The van der Waals surface area contributed by atoms with E-state index in [-0.39, 0.29) is 11.7 Å². The van der Waals surface area contributed by atoms with E-state index in [9.17, 15) is 9.59 Å². The lowest BCUT2D eigenvalue weighted by Crippen LogP contribution is -2.27. The van der Waals surface area contributed by atoms with Gasteiger partial charge < -0.3 is 10.3 Å². The summed E-state index contributed by atoms with van der Waals surface area (Å²) < 4.78 is 0. The summed E-state index contributed by atoms with van der Waals surface area (Å²) in [4.78, 5) is 38.3. The van der Waals surface area contributed by atoms with Crippen LogP contribution in [0.15, 0.2) is 67.1 Å². The van der Waals surface area contributed by atoms with Gasteiger partial charge in [0, 0.05) is 44.6 Å². The molecule has 6 rings (SSSR count). The van der Waals surface area contributed by atoms with E-state index in [0.29, 0.717) is 5.69 Å². The summed E-state index contributed by atoms with van der Waals surface area (Å²) in [6.07, 6.45) is 5.20. The number of Topliss-reactive ketones (excluding diaryl/α,β-unsaturated/α-hetero) is 1. The predicted molar refractivity (Wildman–Crippen MR) is 156 cm³/mol. The van der Waals surface area contributed by atoms with Gasteiger partial charge in [-0.2, -0.15) is 5.10 Å². The maximum absolute atomic E-state index is 12.5. The molecule has 39 heavy (non-hydrogen) atoms. The molecule has 0 aliphatic rings. The molecule has 0 bridgehead atoms. The molecule has 8 nitrogen and oxygen atoms in total. The maximum Gasteiger partial charge on any atom is 0.229 e. The average Bonchev–Trinajstić information content (AvgIpc) is 3.65. The van der Waals surface area contributed by atoms with Crippen LogP contribution < -0.4 is 5.32 Å². The van der Waals surface area contributed by atoms with Crippen LogP contribution in [0.2, 0.25) is 0 Å². The number of pyridine rings is 2. The van der Waals surface area contributed by atoms with Gasteiger partial charge in [-0.15, -0.1) is 11.3 Å². The molecule has 9 heteroatoms. The fourth-order valence-electron chi connectivity index (χ4n) is 4.42. The number of carbonyl (C=O) groups excluding carboxylic acids is 2. The molecule has 0 saturated heterocycles. The van der Waals surface area contributed by atoms with Gasteiger partial charge in [0.2, 0.25) is 5.91 Å². The molecule has 0 aliphatic heterocycles. The molecule has 0 fully saturated rings. The van der Waals surface area contributed by atoms with Gasteiger partial charge in [-0.1, -0.05) is 26.8 Å². The first kappa shape index (κ1) is 24.7. The molecule has 1 amide bonds. The fraction of sp³-hybridized carbons (Fsp3) is 0.167. The van der Waals surface area contributed by atoms with Gasteiger partial charge in [0.1, 0.15) is 11.3 Å². The summed E-state index contributed by atoms with van der Waals surface area (Å²) >= 11 is 1.48. The first-order chi connectivity index (χ1) is 18.7. The van der Waals surface area contributed by atoms with E-state index in [1.54, 1.807) is 25.5 Å². The number of hydrogen-bond donors (Lipinski definition) is 3. The van der Waals surface area contributed by atoms with Crippen molar-refractivity contribution >= 4 is 50.7 Å². The second-order valence-electron chi connectivity index (χ2n) is 10.5. The number of carbonyl (C=O) groups is 2. The van der Waals surface area contributed by atoms with Crippen LogP contribution in [0.1, 0.15) is 37.4 Å². The Kier molecular flexibility index (Phi) is 5.88. The standard InChI is InChI=1S/C30H26N6O2S/c1-16(37)25-7-8-26(39-25)20-9-10-32-28-21(20)13-24(34-28)27-22-12-17(5-6-23(22)35-36-27)18-11-19(15-31-14-18)33-29(38)30(2,3)4/h5-15H,1-4H3,(H,32,34)(H,33,38)(H,35,36). The molecule has 0 atom stereocenters. The Hall–Kier alpha value is -4.63. The first-order valence-corrected chi connectivity index (χ1v) is 13.3. The van der Waals surface area contributed by atoms with Crippen LogP contribution >= 0.6 is 11.3 Å². The van der Waals surface area contributed by atoms with Crippen LogP contribution in [0.3, 0.4) is 0 Å². The van der Waals surface area contributed by atoms with Crippen molar-refractivity contribution in [2.75, 3.05) is 5.32 Å². The summed E-state index contributed by atoms with van der Waals surface area (Å²) in [6.45, 7) is 7.21. The summed E-state index contributed by atoms with van der Waals surface area (Å²) in [5.41, 5.74) is 6.25. The SMILES string of the molecule is CC(=O)c1ccc(-c2ccnc3[nH]c(-c4n[nH]c5ccc(-c6cncc(NC(=O)C(C)(C)C)c6)cc45)cc23)s1. The van der Waals surface area contributed by atoms with Crippen LogP contribution in [-0.4, -0.2) is 36.8 Å². The molecular formula is C30H26N6O2S. The second-order valence-corrected chi connectivity index (χ2v) is 11.6. The van der Waals surface area contributed by atoms with Gasteiger partial charge in [0.05, 0.1) is 28.0 Å². The lowest BCUT2D eigenvalue weighted by Gasteiger charge is -2.17. The second kappa shape index (κ2) is 9.28. The quantitative estimate of drug-likeness (QED) is 0.204. The van der Waals surface area contributed by atoms with Crippen molar-refractivity contribution < 1.29 is 9.59 Å². The van der Waals surface area contributed by atoms with Crippen LogP contribution in [-0.2, 0) is 4.79 Å². The molecule has 0 unspecified atom stereocenters. The minimum atomic E-state index is -0.506. The zero-order valence-electron chi connectivity index (χ0n) is 21.9. The Morgan fingerprint density at radius 2 is 1.79 bits per heavy atom. The molecule has 6 aromatic rings. The van der Waals surface area contributed by atoms with E-state index in [2.05, 4.69) is 42.6 Å². The Labute approximate surface area is 228 Å². The van der Waals surface area contributed by atoms with Crippen molar-refractivity contribution in [1.29, 1.82) is 0 Å².